The maximum absolute atomic E-state index is 11.6. The fraction of sp³-hybridized carbons (Fsp3) is 0.917. The molecule has 0 saturated heterocycles. The van der Waals surface area contributed by atoms with Gasteiger partial charge in [-0.25, -0.2) is 4.79 Å². The van der Waals surface area contributed by atoms with Crippen LogP contribution in [0.2, 0.25) is 0 Å². The highest BCUT2D eigenvalue weighted by molar-refractivity contribution is 5.68. The normalized spacial score (nSPS) is 15.0. The fourth-order valence-electron chi connectivity index (χ4n) is 1.46. The molecule has 0 heterocycles. The number of carbonyl (C=O) groups is 1. The van der Waals surface area contributed by atoms with Gasteiger partial charge in [-0.3, -0.25) is 0 Å². The molecule has 0 saturated carbocycles. The number of amides is 1. The molecule has 0 aromatic heterocycles. The van der Waals surface area contributed by atoms with E-state index in [2.05, 4.69) is 5.32 Å². The monoisotopic (exact) mass is 262 g/mol. The van der Waals surface area contributed by atoms with Crippen LogP contribution in [0.4, 0.5) is 4.79 Å². The molecule has 18 heavy (non-hydrogen) atoms. The first kappa shape index (κ1) is 17.2. The Kier molecular flexibility index (Phi) is 7.90. The Bertz CT molecular complexity index is 241. The third-order valence-corrected chi connectivity index (χ3v) is 2.32. The molecule has 1 amide bonds. The SMILES string of the molecule is CC(C)(C)OC(=O)N[C@@H](CCCCN)C(O)CO. The molecule has 0 rings (SSSR count). The lowest BCUT2D eigenvalue weighted by Gasteiger charge is -2.25. The van der Waals surface area contributed by atoms with Gasteiger partial charge in [0.25, 0.3) is 0 Å². The summed E-state index contributed by atoms with van der Waals surface area (Å²) in [5.41, 5.74) is 4.80. The molecule has 1 unspecified atom stereocenters. The topological polar surface area (TPSA) is 105 Å². The Balaban J connectivity index is 4.26. The van der Waals surface area contributed by atoms with Crippen molar-refractivity contribution in [2.75, 3.05) is 13.2 Å². The number of aliphatic hydroxyl groups is 2. The highest BCUT2D eigenvalue weighted by Gasteiger charge is 2.23. The molecule has 5 N–H and O–H groups in total. The van der Waals surface area contributed by atoms with E-state index in [1.54, 1.807) is 20.8 Å². The number of hydrogen-bond donors (Lipinski definition) is 4. The highest BCUT2D eigenvalue weighted by atomic mass is 16.6. The van der Waals surface area contributed by atoms with Crippen molar-refractivity contribution in [3.8, 4) is 0 Å². The average molecular weight is 262 g/mol. The lowest BCUT2D eigenvalue weighted by Crippen LogP contribution is -2.46. The van der Waals surface area contributed by atoms with Gasteiger partial charge in [0.2, 0.25) is 0 Å². The number of alkyl carbamates (subject to hydrolysis) is 1. The summed E-state index contributed by atoms with van der Waals surface area (Å²) in [4.78, 5) is 11.6. The van der Waals surface area contributed by atoms with Crippen LogP contribution in [0.15, 0.2) is 0 Å². The van der Waals surface area contributed by atoms with Crippen LogP contribution in [-0.4, -0.2) is 47.2 Å². The smallest absolute Gasteiger partial charge is 0.407 e. The zero-order chi connectivity index (χ0) is 14.2. The zero-order valence-corrected chi connectivity index (χ0v) is 11.5. The fourth-order valence-corrected chi connectivity index (χ4v) is 1.46. The van der Waals surface area contributed by atoms with Gasteiger partial charge < -0.3 is 26.0 Å². The number of nitrogens with two attached hydrogens (primary N) is 1. The van der Waals surface area contributed by atoms with Crippen molar-refractivity contribution in [1.29, 1.82) is 0 Å². The second kappa shape index (κ2) is 8.29. The molecule has 108 valence electrons. The van der Waals surface area contributed by atoms with E-state index in [0.29, 0.717) is 13.0 Å². The molecule has 0 bridgehead atoms. The van der Waals surface area contributed by atoms with E-state index < -0.39 is 30.4 Å². The molecule has 0 aliphatic carbocycles. The number of ether oxygens (including phenoxy) is 1. The minimum Gasteiger partial charge on any atom is -0.444 e. The van der Waals surface area contributed by atoms with Crippen LogP contribution in [0.5, 0.6) is 0 Å². The van der Waals surface area contributed by atoms with Crippen LogP contribution in [0.3, 0.4) is 0 Å². The van der Waals surface area contributed by atoms with E-state index in [1.807, 2.05) is 0 Å². The van der Waals surface area contributed by atoms with Gasteiger partial charge in [0, 0.05) is 0 Å². The second-order valence-electron chi connectivity index (χ2n) is 5.29. The molecule has 6 nitrogen and oxygen atoms in total. The predicted octanol–water partition coefficient (Wildman–Crippen LogP) is 0.362. The summed E-state index contributed by atoms with van der Waals surface area (Å²) in [6.07, 6.45) is 0.555. The number of carbonyl (C=O) groups excluding carboxylic acids is 1. The van der Waals surface area contributed by atoms with Crippen molar-refractivity contribution < 1.29 is 19.7 Å². The Hall–Kier alpha value is -0.850. The van der Waals surface area contributed by atoms with Gasteiger partial charge >= 0.3 is 6.09 Å². The largest absolute Gasteiger partial charge is 0.444 e. The van der Waals surface area contributed by atoms with Gasteiger partial charge in [-0.15, -0.1) is 0 Å². The van der Waals surface area contributed by atoms with Gasteiger partial charge in [0.1, 0.15) is 5.60 Å². The van der Waals surface area contributed by atoms with Gasteiger partial charge in [-0.2, -0.15) is 0 Å². The van der Waals surface area contributed by atoms with Crippen molar-refractivity contribution >= 4 is 6.09 Å². The summed E-state index contributed by atoms with van der Waals surface area (Å²) < 4.78 is 5.10. The number of rotatable bonds is 7. The lowest BCUT2D eigenvalue weighted by atomic mass is 10.0. The van der Waals surface area contributed by atoms with Crippen molar-refractivity contribution in [1.82, 2.24) is 5.32 Å². The van der Waals surface area contributed by atoms with Crippen LogP contribution in [-0.2, 0) is 4.74 Å². The number of nitrogens with one attached hydrogen (secondary N) is 1. The summed E-state index contributed by atoms with van der Waals surface area (Å²) in [6, 6.07) is -0.517. The molecule has 0 aromatic carbocycles. The average Bonchev–Trinajstić information content (AvgIpc) is 2.24. The Labute approximate surface area is 109 Å². The standard InChI is InChI=1S/C12H26N2O4/c1-12(2,3)18-11(17)14-9(10(16)8-15)6-4-5-7-13/h9-10,15-16H,4-8,13H2,1-3H3,(H,14,17)/t9-,10?/m0/s1. The van der Waals surface area contributed by atoms with E-state index in [9.17, 15) is 9.90 Å². The first-order valence-corrected chi connectivity index (χ1v) is 6.28. The molecule has 0 fully saturated rings. The van der Waals surface area contributed by atoms with E-state index in [1.165, 1.54) is 0 Å². The van der Waals surface area contributed by atoms with Crippen molar-refractivity contribution in [2.24, 2.45) is 5.73 Å². The summed E-state index contributed by atoms with van der Waals surface area (Å²) in [5.74, 6) is 0. The van der Waals surface area contributed by atoms with Crippen LogP contribution in [0.25, 0.3) is 0 Å². The van der Waals surface area contributed by atoms with Gasteiger partial charge in [0.05, 0.1) is 18.8 Å². The van der Waals surface area contributed by atoms with Crippen molar-refractivity contribution in [3.63, 3.8) is 0 Å². The number of aliphatic hydroxyl groups excluding tert-OH is 2. The van der Waals surface area contributed by atoms with Crippen LogP contribution >= 0.6 is 0 Å². The van der Waals surface area contributed by atoms with Crippen molar-refractivity contribution in [2.45, 2.75) is 57.8 Å². The van der Waals surface area contributed by atoms with E-state index in [0.717, 1.165) is 12.8 Å². The Morgan fingerprint density at radius 2 is 2.00 bits per heavy atom. The minimum absolute atomic E-state index is 0.400. The Morgan fingerprint density at radius 1 is 1.39 bits per heavy atom. The van der Waals surface area contributed by atoms with Gasteiger partial charge in [-0.1, -0.05) is 6.42 Å². The number of unbranched alkanes of at least 4 members (excludes halogenated alkanes) is 1. The quantitative estimate of drug-likeness (QED) is 0.496. The molecule has 0 aliphatic rings. The summed E-state index contributed by atoms with van der Waals surface area (Å²) in [6.45, 7) is 5.45. The zero-order valence-electron chi connectivity index (χ0n) is 11.5. The molecule has 0 spiro atoms. The third kappa shape index (κ3) is 8.27. The minimum atomic E-state index is -0.990. The maximum Gasteiger partial charge on any atom is 0.407 e. The first-order valence-electron chi connectivity index (χ1n) is 6.28. The van der Waals surface area contributed by atoms with E-state index >= 15 is 0 Å². The van der Waals surface area contributed by atoms with Crippen LogP contribution in [0.1, 0.15) is 40.0 Å². The molecular formula is C12H26N2O4. The lowest BCUT2D eigenvalue weighted by molar-refractivity contribution is 0.0302. The van der Waals surface area contributed by atoms with Crippen LogP contribution in [0, 0.1) is 0 Å². The van der Waals surface area contributed by atoms with Gasteiger partial charge in [0.15, 0.2) is 0 Å². The number of hydrogen-bond acceptors (Lipinski definition) is 5. The molecule has 0 aliphatic heterocycles. The Morgan fingerprint density at radius 3 is 2.44 bits per heavy atom. The van der Waals surface area contributed by atoms with Gasteiger partial charge in [-0.05, 0) is 40.2 Å². The predicted molar refractivity (Wildman–Crippen MR) is 69.2 cm³/mol. The molecule has 0 radical (unpaired) electrons. The van der Waals surface area contributed by atoms with Crippen molar-refractivity contribution in [3.05, 3.63) is 0 Å². The molecule has 0 aromatic rings. The second-order valence-corrected chi connectivity index (χ2v) is 5.29. The summed E-state index contributed by atoms with van der Waals surface area (Å²) in [5, 5.41) is 21.1. The van der Waals surface area contributed by atoms with Crippen LogP contribution < -0.4 is 11.1 Å². The maximum atomic E-state index is 11.6. The highest BCUT2D eigenvalue weighted by Crippen LogP contribution is 2.09. The molecule has 2 atom stereocenters. The summed E-state index contributed by atoms with van der Waals surface area (Å²) >= 11 is 0. The molecule has 6 heteroatoms. The van der Waals surface area contributed by atoms with E-state index in [4.69, 9.17) is 15.6 Å². The van der Waals surface area contributed by atoms with E-state index in [-0.39, 0.29) is 0 Å². The third-order valence-electron chi connectivity index (χ3n) is 2.32. The first-order chi connectivity index (χ1) is 8.30. The summed E-state index contributed by atoms with van der Waals surface area (Å²) in [7, 11) is 0. The molecular weight excluding hydrogens is 236 g/mol.